The zero-order valence-electron chi connectivity index (χ0n) is 52.2. The zero-order valence-corrected chi connectivity index (χ0v) is 52.2. The summed E-state index contributed by atoms with van der Waals surface area (Å²) in [5, 5.41) is 247. The van der Waals surface area contributed by atoms with E-state index in [0.29, 0.717) is 0 Å². The number of rotatable bonds is 27. The lowest BCUT2D eigenvalue weighted by molar-refractivity contribution is -0.387. The van der Waals surface area contributed by atoms with Crippen LogP contribution >= 0.6 is 0 Å². The Bertz CT molecular complexity index is 2420. The third-order valence-electron chi connectivity index (χ3n) is 17.4. The molecule has 0 saturated carbocycles. The Morgan fingerprint density at radius 3 is 1.20 bits per heavy atom. The highest BCUT2D eigenvalue weighted by atomic mass is 16.8. The van der Waals surface area contributed by atoms with Gasteiger partial charge < -0.3 is 195 Å². The van der Waals surface area contributed by atoms with E-state index in [4.69, 9.17) is 66.3 Å². The van der Waals surface area contributed by atoms with Gasteiger partial charge in [0.2, 0.25) is 17.7 Å². The molecule has 0 unspecified atom stereocenters. The molecule has 7 fully saturated rings. The van der Waals surface area contributed by atoms with Crippen LogP contribution in [0.2, 0.25) is 0 Å². The summed E-state index contributed by atoms with van der Waals surface area (Å²) in [6.07, 6.45) is -71.9. The van der Waals surface area contributed by atoms with Crippen LogP contribution in [0, 0.1) is 0 Å². The summed E-state index contributed by atoms with van der Waals surface area (Å²) in [6.45, 7) is -2.33. The quantitative estimate of drug-likeness (QED) is 0.0363. The molecule has 0 aliphatic carbocycles. The summed E-state index contributed by atoms with van der Waals surface area (Å²) in [7, 11) is 0. The fraction of sp³-hybridized carbons (Fsp3) is 0.944. The fourth-order valence-corrected chi connectivity index (χ4v) is 12.1. The molecule has 39 atom stereocenters. The number of amides is 3. The average Bonchev–Trinajstić information content (AvgIpc) is 0.773. The summed E-state index contributed by atoms with van der Waals surface area (Å²) in [5.74, 6) is -2.67. The highest BCUT2D eigenvalue weighted by Crippen LogP contribution is 2.39. The van der Waals surface area contributed by atoms with E-state index in [0.717, 1.165) is 20.8 Å². The topological polar surface area (TPSA) is 662 Å². The van der Waals surface area contributed by atoms with Crippen LogP contribution in [0.5, 0.6) is 0 Å². The van der Waals surface area contributed by atoms with Crippen molar-refractivity contribution >= 4 is 17.7 Å². The molecule has 42 nitrogen and oxygen atoms in total. The molecule has 7 aliphatic rings. The number of hydrogen-bond donors (Lipinski definition) is 25. The highest BCUT2D eigenvalue weighted by molar-refractivity contribution is 5.74. The first-order valence-corrected chi connectivity index (χ1v) is 30.8. The van der Waals surface area contributed by atoms with Gasteiger partial charge in [0.15, 0.2) is 44.0 Å². The summed E-state index contributed by atoms with van der Waals surface area (Å²) in [5.41, 5.74) is 0. The maximum absolute atomic E-state index is 13.4. The Kier molecular flexibility index (Phi) is 29.5. The Balaban J connectivity index is 1.25. The first kappa shape index (κ1) is 80.3. The first-order chi connectivity index (χ1) is 45.3. The van der Waals surface area contributed by atoms with Crippen LogP contribution in [0.25, 0.3) is 0 Å². The van der Waals surface area contributed by atoms with Crippen LogP contribution in [-0.2, 0) is 80.7 Å². The van der Waals surface area contributed by atoms with Crippen molar-refractivity contribution < 1.29 is 193 Å². The largest absolute Gasteiger partial charge is 0.394 e. The lowest BCUT2D eigenvalue weighted by Gasteiger charge is -2.51. The lowest BCUT2D eigenvalue weighted by Crippen LogP contribution is -2.71. The van der Waals surface area contributed by atoms with Crippen molar-refractivity contribution in [2.45, 2.75) is 274 Å². The Hall–Kier alpha value is -3.03. The van der Waals surface area contributed by atoms with Crippen molar-refractivity contribution in [2.75, 3.05) is 46.2 Å². The van der Waals surface area contributed by atoms with Crippen LogP contribution in [0.15, 0.2) is 0 Å². The van der Waals surface area contributed by atoms with Crippen molar-refractivity contribution in [1.82, 2.24) is 16.0 Å². The molecular formula is C54H93N3O39. The second-order valence-corrected chi connectivity index (χ2v) is 24.3. The van der Waals surface area contributed by atoms with Gasteiger partial charge in [-0.15, -0.1) is 0 Å². The standard InChI is InChI=1S/C54H93N3O39/c1-13-28(69)36(77)38(79)51(84-13)93-44-26(56-16(4)65)50(87-21(9-61)32(44)73)96-47-34(75)24(90-54(41(47)82)91-42(19(68)7-59)30(71)18(67)6-58)12-83-48-27(57-17(5)66)45(94-52-39(80)37(78)29(70)14(2)85-52)43(23(11-63)89-48)92-53-40(81)46(33(74)22(10-62)88-53)95-49-25(55-15(3)64)35(76)31(72)20(8-60)86-49/h13-14,18-54,58-63,67-82H,6-12H2,1-5H3,(H,55,64)(H,56,65)(H,57,66)/t13-,14-,18-,19+,20+,21+,22+,23+,24+,25+,26+,27+,28+,29+,30+,31+,32+,33-,34-,35+,36+,37+,38-,39-,40+,41+,42+,43+,44+,45+,46-,47-,48+,49-,50-,51-,52-,53-,54-/m0/s1. The van der Waals surface area contributed by atoms with E-state index >= 15 is 0 Å². The van der Waals surface area contributed by atoms with Crippen molar-refractivity contribution in [3.63, 3.8) is 0 Å². The molecule has 3 amide bonds. The van der Waals surface area contributed by atoms with E-state index in [-0.39, 0.29) is 0 Å². The van der Waals surface area contributed by atoms with Gasteiger partial charge in [-0.3, -0.25) is 14.4 Å². The Labute approximate surface area is 545 Å². The number of nitrogens with one attached hydrogen (secondary N) is 3. The maximum atomic E-state index is 13.4. The lowest BCUT2D eigenvalue weighted by atomic mass is 9.93. The second kappa shape index (κ2) is 35.2. The predicted molar refractivity (Wildman–Crippen MR) is 299 cm³/mol. The molecule has 0 aromatic carbocycles. The van der Waals surface area contributed by atoms with Gasteiger partial charge in [-0.1, -0.05) is 0 Å². The molecule has 0 aromatic heterocycles. The monoisotopic (exact) mass is 1410 g/mol. The molecule has 7 saturated heterocycles. The fourth-order valence-electron chi connectivity index (χ4n) is 12.1. The van der Waals surface area contributed by atoms with Gasteiger partial charge in [-0.25, -0.2) is 0 Å². The number of aliphatic hydroxyl groups excluding tert-OH is 22. The minimum Gasteiger partial charge on any atom is -0.394 e. The van der Waals surface area contributed by atoms with E-state index in [9.17, 15) is 127 Å². The Morgan fingerprint density at radius 1 is 0.354 bits per heavy atom. The van der Waals surface area contributed by atoms with Gasteiger partial charge >= 0.3 is 0 Å². The van der Waals surface area contributed by atoms with E-state index in [1.807, 2.05) is 0 Å². The van der Waals surface area contributed by atoms with Crippen LogP contribution in [0.1, 0.15) is 34.6 Å². The highest BCUT2D eigenvalue weighted by Gasteiger charge is 2.59. The smallest absolute Gasteiger partial charge is 0.217 e. The van der Waals surface area contributed by atoms with E-state index < -0.39 is 303 Å². The molecule has 0 spiro atoms. The molecule has 7 rings (SSSR count). The molecule has 7 aliphatic heterocycles. The van der Waals surface area contributed by atoms with Crippen molar-refractivity contribution in [3.05, 3.63) is 0 Å². The molecule has 96 heavy (non-hydrogen) atoms. The van der Waals surface area contributed by atoms with Gasteiger partial charge in [0, 0.05) is 20.8 Å². The van der Waals surface area contributed by atoms with Crippen molar-refractivity contribution in [1.29, 1.82) is 0 Å². The van der Waals surface area contributed by atoms with Gasteiger partial charge in [0.25, 0.3) is 0 Å². The van der Waals surface area contributed by atoms with Gasteiger partial charge in [-0.2, -0.15) is 0 Å². The van der Waals surface area contributed by atoms with Crippen molar-refractivity contribution in [3.8, 4) is 0 Å². The molecule has 0 bridgehead atoms. The minimum atomic E-state index is -2.44. The number of carbonyl (C=O) groups excluding carboxylic acids is 3. The van der Waals surface area contributed by atoms with Crippen LogP contribution in [0.4, 0.5) is 0 Å². The summed E-state index contributed by atoms with van der Waals surface area (Å²) >= 11 is 0. The minimum absolute atomic E-state index is 0.802. The number of carbonyl (C=O) groups is 3. The predicted octanol–water partition coefficient (Wildman–Crippen LogP) is -16.3. The Morgan fingerprint density at radius 2 is 0.719 bits per heavy atom. The summed E-state index contributed by atoms with van der Waals surface area (Å²) in [6, 6.07) is -5.44. The van der Waals surface area contributed by atoms with Gasteiger partial charge in [0.1, 0.15) is 183 Å². The van der Waals surface area contributed by atoms with Crippen LogP contribution in [0.3, 0.4) is 0 Å². The van der Waals surface area contributed by atoms with E-state index in [2.05, 4.69) is 16.0 Å². The SMILES string of the molecule is CC(=O)N[C@H]1[C@H](O[C@H]2[C@@H](O)[C@@H](CO)O[C@@H](O[C@H]3[C@H](O[C@@H]4O[C@@H](C)[C@@H](O)[C@@H](O)[C@@H]4O)[C@@H](NC(C)=O)[C@H](OC[C@H]4O[C@@H](O[C@@H]([C@H](O)[C@@H](O)CO)[C@H](O)CO)[C@H](O)[C@@H](O[C@@H]5O[C@H](CO)[C@@H](O)[C@H](O[C@@H]6O[C@@H](C)[C@@H](O)[C@@H](O)[C@@H]6O)[C@H]5NC(C)=O)[C@H]4O)O[C@@H]3CO)[C@@H]2O)O[C@H](CO)[C@@H](O)[C@@H]1O. The van der Waals surface area contributed by atoms with Gasteiger partial charge in [0.05, 0.1) is 58.5 Å². The molecule has 558 valence electrons. The summed E-state index contributed by atoms with van der Waals surface area (Å²) in [4.78, 5) is 38.6. The molecule has 0 radical (unpaired) electrons. The number of ether oxygens (including phenoxy) is 14. The molecule has 42 heteroatoms. The first-order valence-electron chi connectivity index (χ1n) is 30.8. The number of hydrogen-bond acceptors (Lipinski definition) is 39. The second-order valence-electron chi connectivity index (χ2n) is 24.3. The van der Waals surface area contributed by atoms with Crippen molar-refractivity contribution in [2.24, 2.45) is 0 Å². The van der Waals surface area contributed by atoms with E-state index in [1.54, 1.807) is 0 Å². The molecule has 25 N–H and O–H groups in total. The normalized spacial score (nSPS) is 46.8. The average molecular weight is 1410 g/mol. The maximum Gasteiger partial charge on any atom is 0.217 e. The summed E-state index contributed by atoms with van der Waals surface area (Å²) < 4.78 is 83.3. The molecular weight excluding hydrogens is 1310 g/mol. The third kappa shape index (κ3) is 18.1. The number of aliphatic hydroxyl groups is 22. The zero-order chi connectivity index (χ0) is 71.2. The van der Waals surface area contributed by atoms with Crippen LogP contribution in [-0.4, -0.2) is 415 Å². The van der Waals surface area contributed by atoms with Gasteiger partial charge in [-0.05, 0) is 13.8 Å². The molecule has 0 aromatic rings. The third-order valence-corrected chi connectivity index (χ3v) is 17.4. The van der Waals surface area contributed by atoms with Crippen LogP contribution < -0.4 is 16.0 Å². The van der Waals surface area contributed by atoms with E-state index in [1.165, 1.54) is 13.8 Å². The molecule has 7 heterocycles.